The van der Waals surface area contributed by atoms with Gasteiger partial charge in [0.05, 0.1) is 27.8 Å². The van der Waals surface area contributed by atoms with Gasteiger partial charge in [0.25, 0.3) is 0 Å². The maximum absolute atomic E-state index is 2.47. The van der Waals surface area contributed by atoms with Crippen molar-refractivity contribution < 1.29 is 0 Å². The lowest BCUT2D eigenvalue weighted by molar-refractivity contribution is 1.18. The predicted octanol–water partition coefficient (Wildman–Crippen LogP) is 14.7. The van der Waals surface area contributed by atoms with E-state index in [9.17, 15) is 0 Å². The van der Waals surface area contributed by atoms with E-state index in [0.29, 0.717) is 0 Å². The topological polar surface area (TPSA) is 9.86 Å². The Morgan fingerprint density at radius 1 is 0.291 bits per heavy atom. The highest BCUT2D eigenvalue weighted by molar-refractivity contribution is 7.25. The van der Waals surface area contributed by atoms with E-state index in [0.717, 1.165) is 0 Å². The second-order valence-corrected chi connectivity index (χ2v) is 15.6. The lowest BCUT2D eigenvalue weighted by Crippen LogP contribution is -1.95. The summed E-state index contributed by atoms with van der Waals surface area (Å²) in [7, 11) is 0. The maximum atomic E-state index is 2.47. The summed E-state index contributed by atoms with van der Waals surface area (Å²) in [6.07, 6.45) is 0. The zero-order chi connectivity index (χ0) is 36.0. The molecule has 0 bridgehead atoms. The monoisotopic (exact) mass is 716 g/mol. The molecule has 0 aliphatic heterocycles. The Bertz CT molecular complexity index is 3480. The van der Waals surface area contributed by atoms with Crippen molar-refractivity contribution in [2.24, 2.45) is 0 Å². The van der Waals surface area contributed by atoms with Crippen LogP contribution in [0.5, 0.6) is 0 Å². The Morgan fingerprint density at radius 2 is 0.782 bits per heavy atom. The van der Waals surface area contributed by atoms with Crippen molar-refractivity contribution in [2.45, 2.75) is 0 Å². The number of aromatic nitrogens is 2. The molecule has 9 aromatic carbocycles. The Morgan fingerprint density at radius 3 is 1.51 bits per heavy atom. The summed E-state index contributed by atoms with van der Waals surface area (Å²) in [5.41, 5.74) is 12.1. The standard InChI is InChI=1S/C52H32N2S/c1-2-13-38(14-3-1)53-47-18-8-6-16-40(47)42-29-34(21-25-48(42)53)35-22-26-49-43(30-35)44-31-36(37-24-28-52-45(32-37)41-17-7-9-20-51(41)55-52)23-27-50(44)54(49)46-19-10-12-33-11-4-5-15-39(33)46/h1-32H. The molecule has 0 aliphatic rings. The molecule has 55 heavy (non-hydrogen) atoms. The van der Waals surface area contributed by atoms with Gasteiger partial charge in [-0.25, -0.2) is 0 Å². The van der Waals surface area contributed by atoms with E-state index in [1.165, 1.54) is 108 Å². The highest BCUT2D eigenvalue weighted by Crippen LogP contribution is 2.42. The number of para-hydroxylation sites is 2. The minimum Gasteiger partial charge on any atom is -0.309 e. The van der Waals surface area contributed by atoms with Crippen molar-refractivity contribution in [1.29, 1.82) is 0 Å². The molecule has 0 aliphatic carbocycles. The smallest absolute Gasteiger partial charge is 0.0541 e. The number of fused-ring (bicyclic) bond motifs is 10. The number of hydrogen-bond acceptors (Lipinski definition) is 1. The van der Waals surface area contributed by atoms with Crippen molar-refractivity contribution in [1.82, 2.24) is 9.13 Å². The van der Waals surface area contributed by atoms with Crippen LogP contribution in [0.15, 0.2) is 194 Å². The Kier molecular flexibility index (Phi) is 6.54. The molecule has 0 N–H and O–H groups in total. The van der Waals surface area contributed by atoms with E-state index in [-0.39, 0.29) is 0 Å². The number of rotatable bonds is 4. The molecule has 3 aromatic heterocycles. The molecule has 0 amide bonds. The van der Waals surface area contributed by atoms with Crippen LogP contribution in [-0.4, -0.2) is 9.13 Å². The normalized spacial score (nSPS) is 12.0. The fourth-order valence-electron chi connectivity index (χ4n) is 8.96. The minimum atomic E-state index is 1.17. The van der Waals surface area contributed by atoms with Gasteiger partial charge in [-0.3, -0.25) is 0 Å². The van der Waals surface area contributed by atoms with E-state index in [2.05, 4.69) is 203 Å². The second kappa shape index (κ2) is 11.8. The molecular formula is C52H32N2S. The molecule has 0 radical (unpaired) electrons. The van der Waals surface area contributed by atoms with Crippen LogP contribution in [0.4, 0.5) is 0 Å². The molecule has 256 valence electrons. The van der Waals surface area contributed by atoms with E-state index < -0.39 is 0 Å². The average Bonchev–Trinajstić information content (AvgIpc) is 3.90. The Labute approximate surface area is 321 Å². The van der Waals surface area contributed by atoms with Crippen molar-refractivity contribution >= 4 is 85.9 Å². The van der Waals surface area contributed by atoms with Gasteiger partial charge in [0.1, 0.15) is 0 Å². The van der Waals surface area contributed by atoms with E-state index in [1.54, 1.807) is 0 Å². The number of nitrogens with zero attached hydrogens (tertiary/aromatic N) is 2. The second-order valence-electron chi connectivity index (χ2n) is 14.5. The van der Waals surface area contributed by atoms with E-state index in [4.69, 9.17) is 0 Å². The zero-order valence-electron chi connectivity index (χ0n) is 29.8. The Hall–Kier alpha value is -6.94. The maximum Gasteiger partial charge on any atom is 0.0541 e. The van der Waals surface area contributed by atoms with Crippen LogP contribution < -0.4 is 0 Å². The quantitative estimate of drug-likeness (QED) is 0.172. The first-order valence-electron chi connectivity index (χ1n) is 18.8. The van der Waals surface area contributed by atoms with E-state index in [1.807, 2.05) is 11.3 Å². The van der Waals surface area contributed by atoms with Gasteiger partial charge in [0, 0.05) is 52.8 Å². The van der Waals surface area contributed by atoms with Crippen molar-refractivity contribution in [3.63, 3.8) is 0 Å². The van der Waals surface area contributed by atoms with Crippen LogP contribution in [-0.2, 0) is 0 Å². The lowest BCUT2D eigenvalue weighted by atomic mass is 9.98. The van der Waals surface area contributed by atoms with Crippen molar-refractivity contribution in [3.05, 3.63) is 194 Å². The molecule has 0 saturated carbocycles. The van der Waals surface area contributed by atoms with E-state index >= 15 is 0 Å². The average molecular weight is 717 g/mol. The third-order valence-corrected chi connectivity index (χ3v) is 12.7. The van der Waals surface area contributed by atoms with Crippen LogP contribution in [0.25, 0.3) is 108 Å². The van der Waals surface area contributed by atoms with Crippen molar-refractivity contribution in [3.8, 4) is 33.6 Å². The molecule has 0 atom stereocenters. The molecule has 3 heteroatoms. The summed E-state index contributed by atoms with van der Waals surface area (Å²) in [5, 5.41) is 10.1. The van der Waals surface area contributed by atoms with Gasteiger partial charge >= 0.3 is 0 Å². The Balaban J connectivity index is 1.09. The molecule has 3 heterocycles. The molecule has 12 rings (SSSR count). The molecule has 12 aromatic rings. The molecule has 0 fully saturated rings. The van der Waals surface area contributed by atoms with Gasteiger partial charge in [0.15, 0.2) is 0 Å². The summed E-state index contributed by atoms with van der Waals surface area (Å²) >= 11 is 1.87. The van der Waals surface area contributed by atoms with Gasteiger partial charge in [-0.05, 0) is 107 Å². The SMILES string of the molecule is c1ccc(-n2c3ccccc3c3cc(-c4ccc5c(c4)c4cc(-c6ccc7sc8ccccc8c7c6)ccc4n5-c4cccc5ccccc45)ccc32)cc1. The summed E-state index contributed by atoms with van der Waals surface area (Å²) in [5.74, 6) is 0. The van der Waals surface area contributed by atoms with Crippen LogP contribution in [0.3, 0.4) is 0 Å². The fraction of sp³-hybridized carbons (Fsp3) is 0. The molecule has 0 spiro atoms. The number of benzene rings is 9. The first-order chi connectivity index (χ1) is 27.3. The first kappa shape index (κ1) is 30.5. The first-order valence-corrected chi connectivity index (χ1v) is 19.7. The van der Waals surface area contributed by atoms with Crippen molar-refractivity contribution in [2.75, 3.05) is 0 Å². The molecular weight excluding hydrogens is 685 g/mol. The largest absolute Gasteiger partial charge is 0.309 e. The van der Waals surface area contributed by atoms with Gasteiger partial charge in [-0.15, -0.1) is 11.3 Å². The van der Waals surface area contributed by atoms with Gasteiger partial charge in [-0.2, -0.15) is 0 Å². The van der Waals surface area contributed by atoms with Gasteiger partial charge in [-0.1, -0.05) is 115 Å². The summed E-state index contributed by atoms with van der Waals surface area (Å²) < 4.78 is 7.51. The highest BCUT2D eigenvalue weighted by Gasteiger charge is 2.18. The highest BCUT2D eigenvalue weighted by atomic mass is 32.1. The molecule has 0 saturated heterocycles. The van der Waals surface area contributed by atoms with Gasteiger partial charge in [0.2, 0.25) is 0 Å². The van der Waals surface area contributed by atoms with Crippen LogP contribution >= 0.6 is 11.3 Å². The number of thiophene rings is 1. The molecule has 2 nitrogen and oxygen atoms in total. The predicted molar refractivity (Wildman–Crippen MR) is 236 cm³/mol. The third kappa shape index (κ3) is 4.60. The van der Waals surface area contributed by atoms with Crippen LogP contribution in [0.1, 0.15) is 0 Å². The lowest BCUT2D eigenvalue weighted by Gasteiger charge is -2.12. The molecule has 0 unspecified atom stereocenters. The fourth-order valence-corrected chi connectivity index (χ4v) is 10.0. The minimum absolute atomic E-state index is 1.17. The zero-order valence-corrected chi connectivity index (χ0v) is 30.6. The summed E-state index contributed by atoms with van der Waals surface area (Å²) in [6, 6.07) is 71.6. The van der Waals surface area contributed by atoms with Gasteiger partial charge < -0.3 is 9.13 Å². The summed E-state index contributed by atoms with van der Waals surface area (Å²) in [6.45, 7) is 0. The third-order valence-electron chi connectivity index (χ3n) is 11.5. The number of hydrogen-bond donors (Lipinski definition) is 0. The van der Waals surface area contributed by atoms with Crippen LogP contribution in [0.2, 0.25) is 0 Å². The van der Waals surface area contributed by atoms with Crippen LogP contribution in [0, 0.1) is 0 Å². The summed E-state index contributed by atoms with van der Waals surface area (Å²) in [4.78, 5) is 0.